The quantitative estimate of drug-likeness (QED) is 0.0714. The first-order valence-electron chi connectivity index (χ1n) is 17.7. The summed E-state index contributed by atoms with van der Waals surface area (Å²) in [5, 5.41) is 14.1. The Morgan fingerprint density at radius 2 is 1.57 bits per heavy atom. The predicted molar refractivity (Wildman–Crippen MR) is 194 cm³/mol. The molecule has 1 saturated heterocycles. The van der Waals surface area contributed by atoms with Crippen molar-refractivity contribution in [3.05, 3.63) is 73.3 Å². The second-order valence-corrected chi connectivity index (χ2v) is 19.4. The molecule has 46 heavy (non-hydrogen) atoms. The SMILES string of the molecule is C=C[C@@H](C)CC[C@@H]1OC(O)(CC[C@H](C)[C@@H](OCOC)[C@H](C)CCCO[Si](c2ccccc2)(c2ccccc2)C(C)(C)C)CC[C@H]1C. The molecule has 0 bridgehead atoms. The monoisotopic (exact) mass is 652 g/mol. The highest BCUT2D eigenvalue weighted by molar-refractivity contribution is 6.99. The number of allylic oxidation sites excluding steroid dienone is 1. The van der Waals surface area contributed by atoms with Crippen LogP contribution in [-0.4, -0.2) is 51.9 Å². The molecule has 2 aromatic rings. The van der Waals surface area contributed by atoms with Gasteiger partial charge in [0.05, 0.1) is 12.2 Å². The van der Waals surface area contributed by atoms with Crippen molar-refractivity contribution in [3.63, 3.8) is 0 Å². The van der Waals surface area contributed by atoms with Crippen LogP contribution in [0.3, 0.4) is 0 Å². The molecule has 1 unspecified atom stereocenters. The van der Waals surface area contributed by atoms with E-state index in [1.54, 1.807) is 7.11 Å². The van der Waals surface area contributed by atoms with Crippen LogP contribution in [0.4, 0.5) is 0 Å². The summed E-state index contributed by atoms with van der Waals surface area (Å²) in [6.45, 7) is 20.8. The molecule has 5 nitrogen and oxygen atoms in total. The first kappa shape index (κ1) is 38.6. The molecule has 7 atom stereocenters. The molecule has 0 aliphatic carbocycles. The molecular weight excluding hydrogens is 589 g/mol. The van der Waals surface area contributed by atoms with Crippen LogP contribution >= 0.6 is 0 Å². The molecule has 0 saturated carbocycles. The van der Waals surface area contributed by atoms with Crippen LogP contribution < -0.4 is 10.4 Å². The van der Waals surface area contributed by atoms with Crippen molar-refractivity contribution in [1.82, 2.24) is 0 Å². The number of rotatable bonds is 19. The standard InChI is InChI=1S/C40H64O5Si/c1-10-31(2)23-24-37-32(3)25-27-40(41,45-37)28-26-34(5)38(43-30-42-9)33(4)18-17-29-44-46(39(6,7)8,35-19-13-11-14-20-35)36-21-15-12-16-22-36/h10-16,19-22,31-34,37-38,41H,1,17-18,23-30H2,2-9H3/t31-,32-,33-,34+,37+,38+,40?/m1/s1. The lowest BCUT2D eigenvalue weighted by molar-refractivity contribution is -0.272. The Bertz CT molecular complexity index is 1100. The summed E-state index contributed by atoms with van der Waals surface area (Å²) in [6.07, 6.45) is 9.16. The second kappa shape index (κ2) is 18.1. The normalized spacial score (nSPS) is 23.4. The van der Waals surface area contributed by atoms with Crippen LogP contribution in [0.2, 0.25) is 5.04 Å². The lowest BCUT2D eigenvalue weighted by atomic mass is 9.83. The smallest absolute Gasteiger partial charge is 0.261 e. The lowest BCUT2D eigenvalue weighted by Crippen LogP contribution is -2.66. The largest absolute Gasteiger partial charge is 0.407 e. The molecule has 1 fully saturated rings. The highest BCUT2D eigenvalue weighted by atomic mass is 28.4. The second-order valence-electron chi connectivity index (χ2n) is 15.1. The number of benzene rings is 2. The first-order chi connectivity index (χ1) is 21.9. The molecule has 0 aromatic heterocycles. The van der Waals surface area contributed by atoms with E-state index in [9.17, 15) is 5.11 Å². The highest BCUT2D eigenvalue weighted by Gasteiger charge is 2.50. The molecule has 0 spiro atoms. The molecule has 3 rings (SSSR count). The van der Waals surface area contributed by atoms with Crippen molar-refractivity contribution < 1.29 is 23.7 Å². The average Bonchev–Trinajstić information content (AvgIpc) is 3.04. The van der Waals surface area contributed by atoms with E-state index in [-0.39, 0.29) is 30.0 Å². The van der Waals surface area contributed by atoms with Crippen LogP contribution in [0.15, 0.2) is 73.3 Å². The van der Waals surface area contributed by atoms with Crippen LogP contribution in [0, 0.1) is 23.7 Å². The van der Waals surface area contributed by atoms with Gasteiger partial charge in [-0.1, -0.05) is 115 Å². The Morgan fingerprint density at radius 3 is 2.11 bits per heavy atom. The Balaban J connectivity index is 1.64. The molecule has 258 valence electrons. The van der Waals surface area contributed by atoms with E-state index in [0.29, 0.717) is 37.2 Å². The minimum atomic E-state index is -2.55. The summed E-state index contributed by atoms with van der Waals surface area (Å²) in [4.78, 5) is 0. The zero-order valence-electron chi connectivity index (χ0n) is 30.2. The van der Waals surface area contributed by atoms with Crippen molar-refractivity contribution in [2.24, 2.45) is 23.7 Å². The van der Waals surface area contributed by atoms with Gasteiger partial charge in [0.15, 0.2) is 5.79 Å². The van der Waals surface area contributed by atoms with Gasteiger partial charge in [-0.15, -0.1) is 6.58 Å². The summed E-state index contributed by atoms with van der Waals surface area (Å²) in [5.41, 5.74) is 0. The maximum atomic E-state index is 11.5. The fraction of sp³-hybridized carbons (Fsp3) is 0.650. The van der Waals surface area contributed by atoms with Crippen LogP contribution in [0.1, 0.15) is 99.8 Å². The van der Waals surface area contributed by atoms with Crippen molar-refractivity contribution in [2.45, 2.75) is 123 Å². The molecule has 1 heterocycles. The molecular formula is C40H64O5Si. The Labute approximate surface area is 282 Å². The third-order valence-electron chi connectivity index (χ3n) is 10.3. The number of ether oxygens (including phenoxy) is 3. The predicted octanol–water partition coefficient (Wildman–Crippen LogP) is 8.49. The summed E-state index contributed by atoms with van der Waals surface area (Å²) >= 11 is 0. The maximum absolute atomic E-state index is 11.5. The minimum Gasteiger partial charge on any atom is -0.407 e. The van der Waals surface area contributed by atoms with Crippen molar-refractivity contribution >= 4 is 18.7 Å². The maximum Gasteiger partial charge on any atom is 0.261 e. The van der Waals surface area contributed by atoms with E-state index in [1.165, 1.54) is 10.4 Å². The van der Waals surface area contributed by atoms with E-state index in [4.69, 9.17) is 18.6 Å². The zero-order chi connectivity index (χ0) is 33.8. The number of methoxy groups -OCH3 is 1. The van der Waals surface area contributed by atoms with Crippen LogP contribution in [0.25, 0.3) is 0 Å². The Kier molecular flexibility index (Phi) is 15.2. The van der Waals surface area contributed by atoms with Gasteiger partial charge in [-0.3, -0.25) is 0 Å². The Hall–Kier alpha value is -1.80. The third kappa shape index (κ3) is 10.3. The molecule has 0 amide bonds. The van der Waals surface area contributed by atoms with Gasteiger partial charge in [0.1, 0.15) is 6.79 Å². The summed E-state index contributed by atoms with van der Waals surface area (Å²) in [7, 11) is -0.877. The number of hydrogen-bond acceptors (Lipinski definition) is 5. The van der Waals surface area contributed by atoms with Gasteiger partial charge in [-0.05, 0) is 77.6 Å². The number of aliphatic hydroxyl groups is 1. The van der Waals surface area contributed by atoms with Crippen molar-refractivity contribution in [2.75, 3.05) is 20.5 Å². The van der Waals surface area contributed by atoms with Crippen LogP contribution in [0.5, 0.6) is 0 Å². The fourth-order valence-corrected chi connectivity index (χ4v) is 12.0. The molecule has 6 heteroatoms. The fourth-order valence-electron chi connectivity index (χ4n) is 7.38. The van der Waals surface area contributed by atoms with Gasteiger partial charge in [0.25, 0.3) is 8.32 Å². The van der Waals surface area contributed by atoms with Crippen LogP contribution in [-0.2, 0) is 18.6 Å². The van der Waals surface area contributed by atoms with E-state index < -0.39 is 14.1 Å². The van der Waals surface area contributed by atoms with E-state index in [2.05, 4.69) is 116 Å². The van der Waals surface area contributed by atoms with E-state index in [1.807, 2.05) is 6.08 Å². The summed E-state index contributed by atoms with van der Waals surface area (Å²) in [5.74, 6) is 0.400. The van der Waals surface area contributed by atoms with E-state index >= 15 is 0 Å². The van der Waals surface area contributed by atoms with Gasteiger partial charge in [-0.25, -0.2) is 0 Å². The Morgan fingerprint density at radius 1 is 0.978 bits per heavy atom. The van der Waals surface area contributed by atoms with Gasteiger partial charge >= 0.3 is 0 Å². The third-order valence-corrected chi connectivity index (χ3v) is 15.4. The molecule has 1 N–H and O–H groups in total. The van der Waals surface area contributed by atoms with Gasteiger partial charge in [0, 0.05) is 26.6 Å². The van der Waals surface area contributed by atoms with Gasteiger partial charge in [0.2, 0.25) is 0 Å². The lowest BCUT2D eigenvalue weighted by Gasteiger charge is -2.43. The average molecular weight is 653 g/mol. The minimum absolute atomic E-state index is 0.0168. The van der Waals surface area contributed by atoms with Gasteiger partial charge in [-0.2, -0.15) is 0 Å². The van der Waals surface area contributed by atoms with E-state index in [0.717, 1.165) is 38.5 Å². The zero-order valence-corrected chi connectivity index (χ0v) is 31.2. The number of hydrogen-bond donors (Lipinski definition) is 1. The molecule has 1 aliphatic rings. The molecule has 1 aliphatic heterocycles. The molecule has 0 radical (unpaired) electrons. The summed E-state index contributed by atoms with van der Waals surface area (Å²) in [6, 6.07) is 21.7. The van der Waals surface area contributed by atoms with Crippen molar-refractivity contribution in [1.29, 1.82) is 0 Å². The first-order valence-corrected chi connectivity index (χ1v) is 19.7. The van der Waals surface area contributed by atoms with Crippen molar-refractivity contribution in [3.8, 4) is 0 Å². The van der Waals surface area contributed by atoms with Gasteiger partial charge < -0.3 is 23.7 Å². The topological polar surface area (TPSA) is 57.2 Å². The highest BCUT2D eigenvalue weighted by Crippen LogP contribution is 2.39. The molecule has 2 aromatic carbocycles. The summed E-state index contributed by atoms with van der Waals surface area (Å²) < 4.78 is 25.2.